The van der Waals surface area contributed by atoms with Gasteiger partial charge in [0, 0.05) is 17.1 Å². The number of benzene rings is 2. The lowest BCUT2D eigenvalue weighted by atomic mass is 10.2. The van der Waals surface area contributed by atoms with Crippen molar-refractivity contribution in [3.63, 3.8) is 0 Å². The van der Waals surface area contributed by atoms with Gasteiger partial charge in [0.05, 0.1) is 5.75 Å². The number of aromatic nitrogens is 3. The highest BCUT2D eigenvalue weighted by molar-refractivity contribution is 9.10. The molecule has 28 heavy (non-hydrogen) atoms. The van der Waals surface area contributed by atoms with Gasteiger partial charge in [-0.3, -0.25) is 4.79 Å². The standard InChI is InChI=1S/C21H22BrN3O2S/c1-4-15-5-11-18(12-6-15)27-14(2)20-23-24-21(25(20)3)28-13-19(26)16-7-9-17(22)10-8-16/h5-12,14H,4,13H2,1-3H3/t14-/m0/s1. The second-order valence-corrected chi connectivity index (χ2v) is 8.23. The van der Waals surface area contributed by atoms with Gasteiger partial charge in [0.25, 0.3) is 0 Å². The fourth-order valence-corrected chi connectivity index (χ4v) is 3.79. The molecule has 1 heterocycles. The first kappa shape index (κ1) is 20.6. The van der Waals surface area contributed by atoms with Crippen LogP contribution in [-0.4, -0.2) is 26.3 Å². The molecule has 0 aliphatic heterocycles. The van der Waals surface area contributed by atoms with E-state index in [1.54, 1.807) is 0 Å². The van der Waals surface area contributed by atoms with Crippen LogP contribution in [0.4, 0.5) is 0 Å². The van der Waals surface area contributed by atoms with E-state index in [0.717, 1.165) is 22.5 Å². The van der Waals surface area contributed by atoms with Gasteiger partial charge in [-0.05, 0) is 43.2 Å². The van der Waals surface area contributed by atoms with E-state index in [-0.39, 0.29) is 11.9 Å². The Morgan fingerprint density at radius 2 is 1.82 bits per heavy atom. The molecular weight excluding hydrogens is 438 g/mol. The summed E-state index contributed by atoms with van der Waals surface area (Å²) in [6, 6.07) is 15.4. The molecule has 0 unspecified atom stereocenters. The maximum atomic E-state index is 12.4. The van der Waals surface area contributed by atoms with E-state index in [4.69, 9.17) is 4.74 Å². The Morgan fingerprint density at radius 3 is 2.46 bits per heavy atom. The zero-order valence-corrected chi connectivity index (χ0v) is 18.5. The summed E-state index contributed by atoms with van der Waals surface area (Å²) >= 11 is 4.75. The number of Topliss-reactive ketones (excluding diaryl/α,β-unsaturated/α-hetero) is 1. The predicted octanol–water partition coefficient (Wildman–Crippen LogP) is 5.26. The van der Waals surface area contributed by atoms with E-state index in [2.05, 4.69) is 45.2 Å². The minimum Gasteiger partial charge on any atom is -0.483 e. The summed E-state index contributed by atoms with van der Waals surface area (Å²) in [7, 11) is 1.89. The molecule has 0 spiro atoms. The van der Waals surface area contributed by atoms with E-state index < -0.39 is 0 Å². The van der Waals surface area contributed by atoms with Crippen LogP contribution in [-0.2, 0) is 13.5 Å². The third-order valence-corrected chi connectivity index (χ3v) is 5.92. The van der Waals surface area contributed by atoms with Gasteiger partial charge in [0.1, 0.15) is 5.75 Å². The van der Waals surface area contributed by atoms with Crippen molar-refractivity contribution < 1.29 is 9.53 Å². The molecular formula is C21H22BrN3O2S. The maximum Gasteiger partial charge on any atom is 0.191 e. The van der Waals surface area contributed by atoms with Gasteiger partial charge in [-0.25, -0.2) is 0 Å². The molecule has 0 saturated carbocycles. The number of carbonyl (C=O) groups is 1. The zero-order chi connectivity index (χ0) is 20.1. The summed E-state index contributed by atoms with van der Waals surface area (Å²) in [5.74, 6) is 1.88. The van der Waals surface area contributed by atoms with Gasteiger partial charge in [0.2, 0.25) is 0 Å². The maximum absolute atomic E-state index is 12.4. The fraction of sp³-hybridized carbons (Fsp3) is 0.286. The number of hydrogen-bond acceptors (Lipinski definition) is 5. The molecule has 1 atom stereocenters. The van der Waals surface area contributed by atoms with E-state index in [0.29, 0.717) is 16.5 Å². The van der Waals surface area contributed by atoms with Crippen molar-refractivity contribution in [1.82, 2.24) is 14.8 Å². The van der Waals surface area contributed by atoms with Crippen LogP contribution in [0.3, 0.4) is 0 Å². The van der Waals surface area contributed by atoms with Crippen molar-refractivity contribution in [1.29, 1.82) is 0 Å². The highest BCUT2D eigenvalue weighted by Crippen LogP contribution is 2.24. The molecule has 3 aromatic rings. The average molecular weight is 460 g/mol. The van der Waals surface area contributed by atoms with Gasteiger partial charge in [0.15, 0.2) is 22.9 Å². The number of ketones is 1. The minimum absolute atomic E-state index is 0.0577. The molecule has 3 rings (SSSR count). The second-order valence-electron chi connectivity index (χ2n) is 6.38. The molecule has 0 bridgehead atoms. The van der Waals surface area contributed by atoms with Crippen molar-refractivity contribution in [2.24, 2.45) is 7.05 Å². The number of rotatable bonds is 8. The SMILES string of the molecule is CCc1ccc(O[C@@H](C)c2nnc(SCC(=O)c3ccc(Br)cc3)n2C)cc1. The van der Waals surface area contributed by atoms with Crippen LogP contribution in [0.1, 0.15) is 41.7 Å². The second kappa shape index (κ2) is 9.39. The van der Waals surface area contributed by atoms with E-state index in [1.165, 1.54) is 17.3 Å². The topological polar surface area (TPSA) is 57.0 Å². The van der Waals surface area contributed by atoms with Crippen molar-refractivity contribution in [3.8, 4) is 5.75 Å². The Kier molecular flexibility index (Phi) is 6.91. The molecule has 0 aliphatic carbocycles. The molecule has 0 amide bonds. The van der Waals surface area contributed by atoms with Crippen LogP contribution in [0.2, 0.25) is 0 Å². The number of halogens is 1. The van der Waals surface area contributed by atoms with Gasteiger partial charge in [-0.2, -0.15) is 0 Å². The Balaban J connectivity index is 1.62. The Bertz CT molecular complexity index is 939. The van der Waals surface area contributed by atoms with Crippen molar-refractivity contribution in [2.75, 3.05) is 5.75 Å². The van der Waals surface area contributed by atoms with E-state index in [9.17, 15) is 4.79 Å². The van der Waals surface area contributed by atoms with Crippen LogP contribution in [0.15, 0.2) is 58.2 Å². The molecule has 0 aliphatic rings. The Hall–Kier alpha value is -2.12. The molecule has 7 heteroatoms. The van der Waals surface area contributed by atoms with Crippen LogP contribution >= 0.6 is 27.7 Å². The Labute approximate surface area is 177 Å². The molecule has 0 fully saturated rings. The number of nitrogens with zero attached hydrogens (tertiary/aromatic N) is 3. The lowest BCUT2D eigenvalue weighted by molar-refractivity contribution is 0.102. The van der Waals surface area contributed by atoms with Crippen LogP contribution in [0.5, 0.6) is 5.75 Å². The van der Waals surface area contributed by atoms with Gasteiger partial charge in [-0.15, -0.1) is 10.2 Å². The first-order valence-electron chi connectivity index (χ1n) is 9.04. The smallest absolute Gasteiger partial charge is 0.191 e. The highest BCUT2D eigenvalue weighted by Gasteiger charge is 2.18. The van der Waals surface area contributed by atoms with E-state index in [1.807, 2.05) is 54.9 Å². The van der Waals surface area contributed by atoms with Crippen LogP contribution < -0.4 is 4.74 Å². The summed E-state index contributed by atoms with van der Waals surface area (Å²) in [4.78, 5) is 12.4. The average Bonchev–Trinajstić information content (AvgIpc) is 3.08. The number of aryl methyl sites for hydroxylation is 1. The summed E-state index contributed by atoms with van der Waals surface area (Å²) in [5.41, 5.74) is 1.96. The Morgan fingerprint density at radius 1 is 1.14 bits per heavy atom. The molecule has 0 saturated heterocycles. The predicted molar refractivity (Wildman–Crippen MR) is 115 cm³/mol. The molecule has 0 radical (unpaired) electrons. The summed E-state index contributed by atoms with van der Waals surface area (Å²) in [6.45, 7) is 4.07. The molecule has 146 valence electrons. The number of hydrogen-bond donors (Lipinski definition) is 0. The molecule has 2 aromatic carbocycles. The van der Waals surface area contributed by atoms with Gasteiger partial charge >= 0.3 is 0 Å². The largest absolute Gasteiger partial charge is 0.483 e. The number of carbonyl (C=O) groups excluding carboxylic acids is 1. The summed E-state index contributed by atoms with van der Waals surface area (Å²) in [5, 5.41) is 9.17. The van der Waals surface area contributed by atoms with Crippen molar-refractivity contribution in [2.45, 2.75) is 31.5 Å². The molecule has 1 aromatic heterocycles. The monoisotopic (exact) mass is 459 g/mol. The first-order valence-corrected chi connectivity index (χ1v) is 10.8. The van der Waals surface area contributed by atoms with Crippen molar-refractivity contribution >= 4 is 33.5 Å². The highest BCUT2D eigenvalue weighted by atomic mass is 79.9. The summed E-state index contributed by atoms with van der Waals surface area (Å²) in [6.07, 6.45) is 0.750. The number of thioether (sulfide) groups is 1. The first-order chi connectivity index (χ1) is 13.5. The molecule has 0 N–H and O–H groups in total. The fourth-order valence-electron chi connectivity index (χ4n) is 2.72. The number of ether oxygens (including phenoxy) is 1. The summed E-state index contributed by atoms with van der Waals surface area (Å²) < 4.78 is 8.83. The third kappa shape index (κ3) is 5.02. The third-order valence-electron chi connectivity index (χ3n) is 4.38. The van der Waals surface area contributed by atoms with Gasteiger partial charge < -0.3 is 9.30 Å². The molecule has 5 nitrogen and oxygen atoms in total. The lowest BCUT2D eigenvalue weighted by Crippen LogP contribution is -2.10. The van der Waals surface area contributed by atoms with Crippen LogP contribution in [0, 0.1) is 0 Å². The lowest BCUT2D eigenvalue weighted by Gasteiger charge is -2.14. The quantitative estimate of drug-likeness (QED) is 0.339. The normalized spacial score (nSPS) is 12.0. The van der Waals surface area contributed by atoms with Gasteiger partial charge in [-0.1, -0.05) is 58.9 Å². The van der Waals surface area contributed by atoms with Crippen LogP contribution in [0.25, 0.3) is 0 Å². The zero-order valence-electron chi connectivity index (χ0n) is 16.1. The van der Waals surface area contributed by atoms with Crippen molar-refractivity contribution in [3.05, 3.63) is 70.0 Å². The van der Waals surface area contributed by atoms with E-state index >= 15 is 0 Å². The minimum atomic E-state index is -0.249.